The minimum Gasteiger partial charge on any atom is -0.353 e. The van der Waals surface area contributed by atoms with E-state index in [2.05, 4.69) is 17.6 Å². The molecule has 24 heavy (non-hydrogen) atoms. The lowest BCUT2D eigenvalue weighted by Gasteiger charge is -2.59. The second kappa shape index (κ2) is 7.32. The van der Waals surface area contributed by atoms with Crippen LogP contribution < -0.4 is 16.4 Å². The predicted molar refractivity (Wildman–Crippen MR) is 94.3 cm³/mol. The van der Waals surface area contributed by atoms with Crippen molar-refractivity contribution in [1.82, 2.24) is 10.6 Å². The first-order valence-corrected chi connectivity index (χ1v) is 9.79. The molecular weight excluding hydrogens is 302 g/mol. The van der Waals surface area contributed by atoms with Crippen LogP contribution in [0, 0.1) is 23.2 Å². The van der Waals surface area contributed by atoms with Gasteiger partial charge in [0.25, 0.3) is 0 Å². The number of amides is 3. The van der Waals surface area contributed by atoms with Crippen LogP contribution >= 0.6 is 0 Å². The van der Waals surface area contributed by atoms with Gasteiger partial charge in [-0.1, -0.05) is 6.42 Å². The monoisotopic (exact) mass is 335 g/mol. The molecular formula is C19H33N3O2. The molecule has 0 radical (unpaired) electrons. The van der Waals surface area contributed by atoms with Crippen molar-refractivity contribution in [2.45, 2.75) is 77.2 Å². The largest absolute Gasteiger partial charge is 0.353 e. The highest BCUT2D eigenvalue weighted by Crippen LogP contribution is 2.61. The van der Waals surface area contributed by atoms with Gasteiger partial charge in [-0.25, -0.2) is 4.79 Å². The van der Waals surface area contributed by atoms with Crippen LogP contribution in [-0.4, -0.2) is 24.5 Å². The number of nitrogens with two attached hydrogens (primary N) is 1. The van der Waals surface area contributed by atoms with Gasteiger partial charge in [0.15, 0.2) is 0 Å². The first kappa shape index (κ1) is 17.6. The molecule has 0 aromatic carbocycles. The van der Waals surface area contributed by atoms with Crippen molar-refractivity contribution in [2.75, 3.05) is 6.54 Å². The maximum absolute atomic E-state index is 12.3. The normalized spacial score (nSPS) is 34.8. The van der Waals surface area contributed by atoms with Gasteiger partial charge >= 0.3 is 6.03 Å². The van der Waals surface area contributed by atoms with E-state index in [0.717, 1.165) is 37.0 Å². The average Bonchev–Trinajstić information content (AvgIpc) is 2.49. The molecule has 136 valence electrons. The van der Waals surface area contributed by atoms with E-state index in [4.69, 9.17) is 5.73 Å². The highest BCUT2D eigenvalue weighted by molar-refractivity contribution is 5.76. The fourth-order valence-electron chi connectivity index (χ4n) is 5.97. The zero-order valence-electron chi connectivity index (χ0n) is 15.0. The quantitative estimate of drug-likeness (QED) is 0.596. The Morgan fingerprint density at radius 3 is 2.17 bits per heavy atom. The van der Waals surface area contributed by atoms with E-state index in [1.54, 1.807) is 0 Å². The van der Waals surface area contributed by atoms with Gasteiger partial charge < -0.3 is 16.4 Å². The molecule has 5 nitrogen and oxygen atoms in total. The number of carbonyl (C=O) groups is 2. The van der Waals surface area contributed by atoms with Crippen molar-refractivity contribution >= 4 is 11.9 Å². The van der Waals surface area contributed by atoms with E-state index in [9.17, 15) is 9.59 Å². The summed E-state index contributed by atoms with van der Waals surface area (Å²) in [5.74, 6) is 2.97. The summed E-state index contributed by atoms with van der Waals surface area (Å²) >= 11 is 0. The highest BCUT2D eigenvalue weighted by Gasteiger charge is 2.53. The van der Waals surface area contributed by atoms with Crippen molar-refractivity contribution in [3.05, 3.63) is 0 Å². The molecule has 4 aliphatic rings. The Kier molecular flexibility index (Phi) is 5.36. The van der Waals surface area contributed by atoms with E-state index in [1.165, 1.54) is 38.5 Å². The molecule has 4 aliphatic carbocycles. The van der Waals surface area contributed by atoms with Crippen molar-refractivity contribution in [2.24, 2.45) is 28.9 Å². The molecule has 4 bridgehead atoms. The van der Waals surface area contributed by atoms with Gasteiger partial charge in [0.05, 0.1) is 0 Å². The van der Waals surface area contributed by atoms with Gasteiger partial charge in [-0.2, -0.15) is 0 Å². The fourth-order valence-corrected chi connectivity index (χ4v) is 5.97. The minimum absolute atomic E-state index is 0.195. The van der Waals surface area contributed by atoms with E-state index < -0.39 is 6.03 Å². The molecule has 0 saturated heterocycles. The average molecular weight is 335 g/mol. The number of unbranched alkanes of at least 4 members (excludes halogenated alkanes) is 2. The van der Waals surface area contributed by atoms with Crippen LogP contribution in [0.4, 0.5) is 4.79 Å². The van der Waals surface area contributed by atoms with Gasteiger partial charge in [0.1, 0.15) is 0 Å². The van der Waals surface area contributed by atoms with Crippen LogP contribution in [0.1, 0.15) is 71.1 Å². The van der Waals surface area contributed by atoms with Crippen LogP contribution in [0.5, 0.6) is 0 Å². The first-order chi connectivity index (χ1) is 11.5. The third kappa shape index (κ3) is 4.04. The molecule has 0 unspecified atom stereocenters. The van der Waals surface area contributed by atoms with Gasteiger partial charge in [-0.05, 0) is 81.5 Å². The molecule has 4 N–H and O–H groups in total. The Morgan fingerprint density at radius 1 is 1.04 bits per heavy atom. The Hall–Kier alpha value is -1.26. The lowest BCUT2D eigenvalue weighted by Crippen LogP contribution is -2.55. The molecule has 3 amide bonds. The zero-order chi connectivity index (χ0) is 17.2. The third-order valence-corrected chi connectivity index (χ3v) is 6.76. The molecule has 0 spiro atoms. The number of nitrogens with one attached hydrogen (secondary N) is 2. The predicted octanol–water partition coefficient (Wildman–Crippen LogP) is 2.94. The molecule has 4 saturated carbocycles. The molecule has 1 atom stereocenters. The number of rotatable bonds is 8. The Morgan fingerprint density at radius 2 is 1.62 bits per heavy atom. The zero-order valence-corrected chi connectivity index (χ0v) is 15.0. The van der Waals surface area contributed by atoms with Gasteiger partial charge in [-0.15, -0.1) is 0 Å². The number of hydrogen-bond donors (Lipinski definition) is 3. The Labute approximate surface area is 145 Å². The van der Waals surface area contributed by atoms with Crippen molar-refractivity contribution < 1.29 is 9.59 Å². The molecule has 0 aromatic heterocycles. The summed E-state index contributed by atoms with van der Waals surface area (Å²) in [6.45, 7) is 2.84. The number of primary amides is 1. The van der Waals surface area contributed by atoms with E-state index >= 15 is 0 Å². The summed E-state index contributed by atoms with van der Waals surface area (Å²) in [6, 6.07) is -0.160. The lowest BCUT2D eigenvalue weighted by molar-refractivity contribution is -0.126. The van der Waals surface area contributed by atoms with Crippen LogP contribution in [0.2, 0.25) is 0 Å². The topological polar surface area (TPSA) is 84.2 Å². The van der Waals surface area contributed by atoms with E-state index in [0.29, 0.717) is 24.4 Å². The molecule has 4 rings (SSSR count). The third-order valence-electron chi connectivity index (χ3n) is 6.76. The summed E-state index contributed by atoms with van der Waals surface area (Å²) in [6.07, 6.45) is 11.6. The van der Waals surface area contributed by atoms with Gasteiger partial charge in [-0.3, -0.25) is 4.79 Å². The first-order valence-electron chi connectivity index (χ1n) is 9.79. The highest BCUT2D eigenvalue weighted by atomic mass is 16.2. The van der Waals surface area contributed by atoms with Crippen LogP contribution in [0.3, 0.4) is 0 Å². The number of carbonyl (C=O) groups excluding carboxylic acids is 2. The Balaban J connectivity index is 1.38. The molecule has 0 aliphatic heterocycles. The summed E-state index contributed by atoms with van der Waals surface area (Å²) in [5.41, 5.74) is 5.40. The van der Waals surface area contributed by atoms with Crippen LogP contribution in [0.25, 0.3) is 0 Å². The number of hydrogen-bond acceptors (Lipinski definition) is 2. The molecule has 5 heteroatoms. The van der Waals surface area contributed by atoms with Crippen molar-refractivity contribution in [3.63, 3.8) is 0 Å². The summed E-state index contributed by atoms with van der Waals surface area (Å²) in [5, 5.41) is 5.90. The Bertz CT molecular complexity index is 442. The van der Waals surface area contributed by atoms with E-state index in [-0.39, 0.29) is 5.91 Å². The smallest absolute Gasteiger partial charge is 0.312 e. The van der Waals surface area contributed by atoms with E-state index in [1.807, 2.05) is 0 Å². The van der Waals surface area contributed by atoms with Crippen molar-refractivity contribution in [1.29, 1.82) is 0 Å². The maximum Gasteiger partial charge on any atom is 0.312 e. The minimum atomic E-state index is -0.475. The second-order valence-electron chi connectivity index (χ2n) is 8.67. The summed E-state index contributed by atoms with van der Waals surface area (Å²) in [7, 11) is 0. The summed E-state index contributed by atoms with van der Waals surface area (Å²) < 4.78 is 0. The van der Waals surface area contributed by atoms with Crippen LogP contribution in [0.15, 0.2) is 0 Å². The van der Waals surface area contributed by atoms with Gasteiger partial charge in [0, 0.05) is 19.0 Å². The molecule has 0 heterocycles. The number of urea groups is 1. The molecule has 0 aromatic rings. The standard InChI is InChI=1S/C19H33N3O2/c1-13(22-17(23)5-3-2-4-6-21-18(20)24)19-10-14-7-15(11-19)9-16(8-14)12-19/h13-16H,2-12H2,1H3,(H,22,23)(H3,20,21,24)/t13-,14?,15?,16?,19?/m0/s1. The lowest BCUT2D eigenvalue weighted by atomic mass is 9.48. The fraction of sp³-hybridized carbons (Fsp3) is 0.895. The summed E-state index contributed by atoms with van der Waals surface area (Å²) in [4.78, 5) is 22.9. The van der Waals surface area contributed by atoms with Gasteiger partial charge in [0.2, 0.25) is 5.91 Å². The maximum atomic E-state index is 12.3. The van der Waals surface area contributed by atoms with Crippen LogP contribution in [-0.2, 0) is 4.79 Å². The SMILES string of the molecule is C[C@H](NC(=O)CCCCCNC(N)=O)C12CC3CC(CC(C3)C1)C2. The molecule has 4 fully saturated rings. The van der Waals surface area contributed by atoms with Crippen molar-refractivity contribution in [3.8, 4) is 0 Å². The second-order valence-corrected chi connectivity index (χ2v) is 8.67.